The summed E-state index contributed by atoms with van der Waals surface area (Å²) in [6, 6.07) is 24.8. The van der Waals surface area contributed by atoms with Crippen molar-refractivity contribution in [3.05, 3.63) is 83.9 Å². The van der Waals surface area contributed by atoms with E-state index in [9.17, 15) is 4.79 Å². The molecule has 0 fully saturated rings. The van der Waals surface area contributed by atoms with Crippen LogP contribution in [0, 0.1) is 0 Å². The number of nitrogens with one attached hydrogen (secondary N) is 1. The Morgan fingerprint density at radius 3 is 2.38 bits per heavy atom. The fourth-order valence-electron chi connectivity index (χ4n) is 3.40. The second kappa shape index (κ2) is 8.63. The number of rotatable bonds is 7. The first-order valence-electron chi connectivity index (χ1n) is 9.06. The molecule has 0 heterocycles. The molecule has 1 N–H and O–H groups in total. The van der Waals surface area contributed by atoms with Gasteiger partial charge in [0.15, 0.2) is 0 Å². The lowest BCUT2D eigenvalue weighted by molar-refractivity contribution is -0.121. The molecule has 0 unspecified atom stereocenters. The summed E-state index contributed by atoms with van der Waals surface area (Å²) < 4.78 is 0. The normalized spacial score (nSPS) is 12.3. The molecule has 0 bridgehead atoms. The van der Waals surface area contributed by atoms with Crippen LogP contribution < -0.4 is 5.32 Å². The highest BCUT2D eigenvalue weighted by molar-refractivity contribution is 5.90. The van der Waals surface area contributed by atoms with Crippen molar-refractivity contribution in [3.63, 3.8) is 0 Å². The number of carbonyl (C=O) groups is 1. The van der Waals surface area contributed by atoms with Crippen LogP contribution in [0.5, 0.6) is 0 Å². The zero-order valence-corrected chi connectivity index (χ0v) is 15.5. The minimum Gasteiger partial charge on any atom is -0.351 e. The predicted octanol–water partition coefficient (Wildman–Crippen LogP) is 3.67. The summed E-state index contributed by atoms with van der Waals surface area (Å²) in [6.07, 6.45) is 1.24. The summed E-state index contributed by atoms with van der Waals surface area (Å²) in [5.74, 6) is 0.0733. The maximum absolute atomic E-state index is 12.7. The monoisotopic (exact) mass is 346 g/mol. The third-order valence-electron chi connectivity index (χ3n) is 4.51. The second-order valence-corrected chi connectivity index (χ2v) is 7.03. The van der Waals surface area contributed by atoms with Gasteiger partial charge >= 0.3 is 0 Å². The highest BCUT2D eigenvalue weighted by Gasteiger charge is 2.15. The Bertz CT molecular complexity index is 853. The summed E-state index contributed by atoms with van der Waals surface area (Å²) in [6.45, 7) is 0.816. The molecule has 3 rings (SSSR count). The molecule has 3 aromatic carbocycles. The maximum Gasteiger partial charge on any atom is 0.224 e. The molecule has 0 saturated carbocycles. The Balaban J connectivity index is 1.70. The van der Waals surface area contributed by atoms with E-state index >= 15 is 0 Å². The number of hydrogen-bond donors (Lipinski definition) is 1. The number of fused-ring (bicyclic) bond motifs is 1. The SMILES string of the molecule is CN(C)C[C@H](Cc1ccccc1)NC(=O)Cc1cccc2ccccc12. The van der Waals surface area contributed by atoms with E-state index in [2.05, 4.69) is 40.5 Å². The highest BCUT2D eigenvalue weighted by atomic mass is 16.1. The third kappa shape index (κ3) is 4.93. The lowest BCUT2D eigenvalue weighted by atomic mass is 10.0. The van der Waals surface area contributed by atoms with Crippen molar-refractivity contribution in [2.75, 3.05) is 20.6 Å². The average molecular weight is 346 g/mol. The van der Waals surface area contributed by atoms with Gasteiger partial charge in [0.05, 0.1) is 6.42 Å². The van der Waals surface area contributed by atoms with Crippen LogP contribution in [0.3, 0.4) is 0 Å². The highest BCUT2D eigenvalue weighted by Crippen LogP contribution is 2.19. The van der Waals surface area contributed by atoms with E-state index < -0.39 is 0 Å². The quantitative estimate of drug-likeness (QED) is 0.708. The second-order valence-electron chi connectivity index (χ2n) is 7.03. The smallest absolute Gasteiger partial charge is 0.224 e. The van der Waals surface area contributed by atoms with Gasteiger partial charge in [0.1, 0.15) is 0 Å². The summed E-state index contributed by atoms with van der Waals surface area (Å²) in [7, 11) is 4.07. The van der Waals surface area contributed by atoms with Gasteiger partial charge in [-0.15, -0.1) is 0 Å². The molecule has 3 aromatic rings. The first kappa shape index (κ1) is 18.2. The molecule has 0 aromatic heterocycles. The molecule has 0 saturated heterocycles. The Hall–Kier alpha value is -2.65. The third-order valence-corrected chi connectivity index (χ3v) is 4.51. The number of hydrogen-bond acceptors (Lipinski definition) is 2. The van der Waals surface area contributed by atoms with E-state index in [-0.39, 0.29) is 11.9 Å². The van der Waals surface area contributed by atoms with Crippen LogP contribution in [0.25, 0.3) is 10.8 Å². The molecule has 0 aliphatic heterocycles. The van der Waals surface area contributed by atoms with Gasteiger partial charge < -0.3 is 10.2 Å². The molecule has 1 amide bonds. The molecule has 0 radical (unpaired) electrons. The molecule has 0 spiro atoms. The topological polar surface area (TPSA) is 32.3 Å². The minimum atomic E-state index is 0.0733. The molecule has 134 valence electrons. The summed E-state index contributed by atoms with van der Waals surface area (Å²) in [5, 5.41) is 5.55. The largest absolute Gasteiger partial charge is 0.351 e. The standard InChI is InChI=1S/C23H26N2O/c1-25(2)17-21(15-18-9-4-3-5-10-18)24-23(26)16-20-13-8-12-19-11-6-7-14-22(19)20/h3-14,21H,15-17H2,1-2H3,(H,24,26)/t21-/m0/s1. The van der Waals surface area contributed by atoms with Crippen LogP contribution in [-0.4, -0.2) is 37.5 Å². The molecule has 3 nitrogen and oxygen atoms in total. The predicted molar refractivity (Wildman–Crippen MR) is 108 cm³/mol. The number of benzene rings is 3. The van der Waals surface area contributed by atoms with Crippen LogP contribution in [0.15, 0.2) is 72.8 Å². The first-order chi connectivity index (χ1) is 12.6. The fraction of sp³-hybridized carbons (Fsp3) is 0.261. The van der Waals surface area contributed by atoms with Crippen molar-refractivity contribution >= 4 is 16.7 Å². The first-order valence-corrected chi connectivity index (χ1v) is 9.06. The molecular formula is C23H26N2O. The van der Waals surface area contributed by atoms with E-state index in [1.54, 1.807) is 0 Å². The van der Waals surface area contributed by atoms with Crippen LogP contribution >= 0.6 is 0 Å². The van der Waals surface area contributed by atoms with Crippen molar-refractivity contribution in [1.29, 1.82) is 0 Å². The Labute approximate surface area is 155 Å². The van der Waals surface area contributed by atoms with Crippen molar-refractivity contribution in [2.24, 2.45) is 0 Å². The van der Waals surface area contributed by atoms with Crippen molar-refractivity contribution in [1.82, 2.24) is 10.2 Å². The van der Waals surface area contributed by atoms with Crippen molar-refractivity contribution in [2.45, 2.75) is 18.9 Å². The van der Waals surface area contributed by atoms with E-state index in [0.29, 0.717) is 6.42 Å². The van der Waals surface area contributed by atoms with Gasteiger partial charge in [0, 0.05) is 12.6 Å². The molecule has 3 heteroatoms. The maximum atomic E-state index is 12.7. The molecule has 26 heavy (non-hydrogen) atoms. The van der Waals surface area contributed by atoms with Crippen LogP contribution in [0.2, 0.25) is 0 Å². The van der Waals surface area contributed by atoms with Crippen LogP contribution in [-0.2, 0) is 17.6 Å². The lowest BCUT2D eigenvalue weighted by Crippen LogP contribution is -2.43. The van der Waals surface area contributed by atoms with Gasteiger partial charge in [-0.3, -0.25) is 4.79 Å². The van der Waals surface area contributed by atoms with Gasteiger partial charge in [-0.2, -0.15) is 0 Å². The van der Waals surface area contributed by atoms with Gasteiger partial charge in [-0.25, -0.2) is 0 Å². The number of nitrogens with zero attached hydrogens (tertiary/aromatic N) is 1. The summed E-state index contributed by atoms with van der Waals surface area (Å²) in [4.78, 5) is 14.8. The Morgan fingerprint density at radius 1 is 0.923 bits per heavy atom. The van der Waals surface area contributed by atoms with Crippen molar-refractivity contribution in [3.8, 4) is 0 Å². The van der Waals surface area contributed by atoms with E-state index in [1.807, 2.05) is 56.6 Å². The Kier molecular flexibility index (Phi) is 6.03. The molecule has 1 atom stereocenters. The Morgan fingerprint density at radius 2 is 1.62 bits per heavy atom. The molecular weight excluding hydrogens is 320 g/mol. The molecule has 0 aliphatic carbocycles. The van der Waals surface area contributed by atoms with Gasteiger partial charge in [-0.05, 0) is 42.4 Å². The minimum absolute atomic E-state index is 0.0733. The average Bonchev–Trinajstić information content (AvgIpc) is 2.62. The summed E-state index contributed by atoms with van der Waals surface area (Å²) in [5.41, 5.74) is 2.31. The molecule has 0 aliphatic rings. The van der Waals surface area contributed by atoms with E-state index in [0.717, 1.165) is 23.9 Å². The van der Waals surface area contributed by atoms with Crippen LogP contribution in [0.1, 0.15) is 11.1 Å². The zero-order valence-electron chi connectivity index (χ0n) is 15.5. The van der Waals surface area contributed by atoms with Gasteiger partial charge in [0.2, 0.25) is 5.91 Å². The lowest BCUT2D eigenvalue weighted by Gasteiger charge is -2.23. The van der Waals surface area contributed by atoms with E-state index in [1.165, 1.54) is 10.9 Å². The zero-order chi connectivity index (χ0) is 18.4. The number of amides is 1. The summed E-state index contributed by atoms with van der Waals surface area (Å²) >= 11 is 0. The fourth-order valence-corrected chi connectivity index (χ4v) is 3.40. The van der Waals surface area contributed by atoms with E-state index in [4.69, 9.17) is 0 Å². The van der Waals surface area contributed by atoms with Gasteiger partial charge in [-0.1, -0.05) is 72.8 Å². The van der Waals surface area contributed by atoms with Gasteiger partial charge in [0.25, 0.3) is 0 Å². The number of carbonyl (C=O) groups excluding carboxylic acids is 1. The number of likely N-dealkylation sites (N-methyl/N-ethyl adjacent to an activating group) is 1. The van der Waals surface area contributed by atoms with Crippen LogP contribution in [0.4, 0.5) is 0 Å². The van der Waals surface area contributed by atoms with Crippen molar-refractivity contribution < 1.29 is 4.79 Å².